The molecular formula is C10H15ClF2N4O2. The molecule has 0 spiro atoms. The lowest BCUT2D eigenvalue weighted by Gasteiger charge is -2.29. The van der Waals surface area contributed by atoms with Gasteiger partial charge < -0.3 is 15.2 Å². The van der Waals surface area contributed by atoms with Crippen LogP contribution >= 0.6 is 12.4 Å². The van der Waals surface area contributed by atoms with Crippen LogP contribution in [0.15, 0.2) is 4.52 Å². The van der Waals surface area contributed by atoms with E-state index in [2.05, 4.69) is 14.7 Å². The Morgan fingerprint density at radius 3 is 2.47 bits per heavy atom. The van der Waals surface area contributed by atoms with Crippen LogP contribution in [0.4, 0.5) is 14.7 Å². The van der Waals surface area contributed by atoms with E-state index in [-0.39, 0.29) is 30.2 Å². The van der Waals surface area contributed by atoms with Crippen molar-refractivity contribution in [2.45, 2.75) is 25.7 Å². The SMILES string of the molecule is CC(F)(F)c1nc(N2CCC(C(N)=O)CC2)no1.Cl. The number of alkyl halides is 2. The molecule has 1 aliphatic rings. The van der Waals surface area contributed by atoms with Crippen LogP contribution in [0.1, 0.15) is 25.7 Å². The summed E-state index contributed by atoms with van der Waals surface area (Å²) in [5, 5.41) is 3.52. The molecule has 19 heavy (non-hydrogen) atoms. The molecule has 0 aliphatic carbocycles. The Balaban J connectivity index is 0.00000180. The second-order valence-corrected chi connectivity index (χ2v) is 4.45. The summed E-state index contributed by atoms with van der Waals surface area (Å²) in [6.07, 6.45) is 1.14. The highest BCUT2D eigenvalue weighted by molar-refractivity contribution is 5.85. The summed E-state index contributed by atoms with van der Waals surface area (Å²) in [6.45, 7) is 1.70. The Bertz CT molecular complexity index is 441. The van der Waals surface area contributed by atoms with Crippen molar-refractivity contribution in [2.75, 3.05) is 18.0 Å². The first-order chi connectivity index (χ1) is 8.38. The minimum atomic E-state index is -3.14. The molecule has 0 saturated carbocycles. The van der Waals surface area contributed by atoms with Crippen molar-refractivity contribution < 1.29 is 18.1 Å². The van der Waals surface area contributed by atoms with Crippen LogP contribution in [0.5, 0.6) is 0 Å². The fraction of sp³-hybridized carbons (Fsp3) is 0.700. The van der Waals surface area contributed by atoms with Crippen LogP contribution in [0, 0.1) is 5.92 Å². The minimum Gasteiger partial charge on any atom is -0.369 e. The number of carbonyl (C=O) groups is 1. The van der Waals surface area contributed by atoms with E-state index in [4.69, 9.17) is 5.73 Å². The topological polar surface area (TPSA) is 85.3 Å². The van der Waals surface area contributed by atoms with Gasteiger partial charge in [0.25, 0.3) is 11.8 Å². The Kier molecular flexibility index (Phi) is 4.67. The number of primary amides is 1. The van der Waals surface area contributed by atoms with Crippen molar-refractivity contribution in [2.24, 2.45) is 11.7 Å². The first kappa shape index (κ1) is 15.6. The second-order valence-electron chi connectivity index (χ2n) is 4.45. The van der Waals surface area contributed by atoms with E-state index in [1.807, 2.05) is 0 Å². The first-order valence-electron chi connectivity index (χ1n) is 5.64. The number of hydrogen-bond donors (Lipinski definition) is 1. The molecule has 9 heteroatoms. The van der Waals surface area contributed by atoms with E-state index in [9.17, 15) is 13.6 Å². The molecule has 0 aromatic carbocycles. The Morgan fingerprint density at radius 2 is 2.05 bits per heavy atom. The lowest BCUT2D eigenvalue weighted by atomic mass is 9.97. The number of piperidine rings is 1. The van der Waals surface area contributed by atoms with Gasteiger partial charge in [0, 0.05) is 25.9 Å². The molecular weight excluding hydrogens is 282 g/mol. The van der Waals surface area contributed by atoms with Gasteiger partial charge in [-0.05, 0) is 18.0 Å². The van der Waals surface area contributed by atoms with Gasteiger partial charge in [-0.2, -0.15) is 13.8 Å². The highest BCUT2D eigenvalue weighted by Crippen LogP contribution is 2.28. The summed E-state index contributed by atoms with van der Waals surface area (Å²) in [7, 11) is 0. The fourth-order valence-electron chi connectivity index (χ4n) is 1.89. The van der Waals surface area contributed by atoms with Crippen molar-refractivity contribution in [1.82, 2.24) is 10.1 Å². The average molecular weight is 297 g/mol. The number of halogens is 3. The molecule has 0 atom stereocenters. The normalized spacial score (nSPS) is 17.1. The monoisotopic (exact) mass is 296 g/mol. The fourth-order valence-corrected chi connectivity index (χ4v) is 1.89. The molecule has 1 saturated heterocycles. The molecule has 1 aromatic heterocycles. The highest BCUT2D eigenvalue weighted by Gasteiger charge is 2.34. The van der Waals surface area contributed by atoms with Gasteiger partial charge in [0.05, 0.1) is 0 Å². The third-order valence-corrected chi connectivity index (χ3v) is 2.97. The van der Waals surface area contributed by atoms with Gasteiger partial charge >= 0.3 is 5.92 Å². The van der Waals surface area contributed by atoms with Gasteiger partial charge in [-0.1, -0.05) is 0 Å². The Labute approximate surface area is 114 Å². The van der Waals surface area contributed by atoms with Crippen LogP contribution in [-0.4, -0.2) is 29.1 Å². The van der Waals surface area contributed by atoms with E-state index in [1.165, 1.54) is 0 Å². The number of aromatic nitrogens is 2. The predicted molar refractivity (Wildman–Crippen MR) is 65.2 cm³/mol. The smallest absolute Gasteiger partial charge is 0.322 e. The summed E-state index contributed by atoms with van der Waals surface area (Å²) in [5.41, 5.74) is 5.21. The zero-order chi connectivity index (χ0) is 13.3. The Hall–Kier alpha value is -1.44. The summed E-state index contributed by atoms with van der Waals surface area (Å²) in [6, 6.07) is 0. The van der Waals surface area contributed by atoms with Gasteiger partial charge in [0.15, 0.2) is 0 Å². The number of rotatable bonds is 3. The number of amides is 1. The minimum absolute atomic E-state index is 0. The molecule has 6 nitrogen and oxygen atoms in total. The molecule has 2 rings (SSSR count). The van der Waals surface area contributed by atoms with Crippen molar-refractivity contribution in [3.63, 3.8) is 0 Å². The highest BCUT2D eigenvalue weighted by atomic mass is 35.5. The largest absolute Gasteiger partial charge is 0.369 e. The maximum absolute atomic E-state index is 12.9. The molecule has 0 unspecified atom stereocenters. The Morgan fingerprint density at radius 1 is 1.47 bits per heavy atom. The van der Waals surface area contributed by atoms with Crippen molar-refractivity contribution >= 4 is 24.3 Å². The first-order valence-corrected chi connectivity index (χ1v) is 5.64. The second kappa shape index (κ2) is 5.68. The van der Waals surface area contributed by atoms with Crippen LogP contribution in [-0.2, 0) is 10.7 Å². The molecule has 1 fully saturated rings. The van der Waals surface area contributed by atoms with Gasteiger partial charge in [-0.3, -0.25) is 4.79 Å². The van der Waals surface area contributed by atoms with Crippen LogP contribution in [0.25, 0.3) is 0 Å². The molecule has 2 heterocycles. The van der Waals surface area contributed by atoms with Crippen molar-refractivity contribution in [3.8, 4) is 0 Å². The molecule has 1 amide bonds. The molecule has 0 bridgehead atoms. The number of anilines is 1. The summed E-state index contributed by atoms with van der Waals surface area (Å²) < 4.78 is 30.4. The van der Waals surface area contributed by atoms with Crippen LogP contribution in [0.3, 0.4) is 0 Å². The summed E-state index contributed by atoms with van der Waals surface area (Å²) in [5.74, 6) is -4.20. The number of hydrogen-bond acceptors (Lipinski definition) is 5. The van der Waals surface area contributed by atoms with E-state index in [1.54, 1.807) is 4.90 Å². The predicted octanol–water partition coefficient (Wildman–Crippen LogP) is 1.30. The molecule has 2 N–H and O–H groups in total. The van der Waals surface area contributed by atoms with Gasteiger partial charge in [0.2, 0.25) is 5.91 Å². The molecule has 108 valence electrons. The van der Waals surface area contributed by atoms with Gasteiger partial charge in [0.1, 0.15) is 0 Å². The van der Waals surface area contributed by atoms with Crippen molar-refractivity contribution in [3.05, 3.63) is 5.89 Å². The third-order valence-electron chi connectivity index (χ3n) is 2.97. The summed E-state index contributed by atoms with van der Waals surface area (Å²) >= 11 is 0. The van der Waals surface area contributed by atoms with E-state index >= 15 is 0 Å². The van der Waals surface area contributed by atoms with E-state index in [0.717, 1.165) is 0 Å². The van der Waals surface area contributed by atoms with Gasteiger partial charge in [-0.25, -0.2) is 0 Å². The lowest BCUT2D eigenvalue weighted by Crippen LogP contribution is -2.39. The third kappa shape index (κ3) is 3.52. The molecule has 1 aliphatic heterocycles. The quantitative estimate of drug-likeness (QED) is 0.909. The summed E-state index contributed by atoms with van der Waals surface area (Å²) in [4.78, 5) is 16.4. The van der Waals surface area contributed by atoms with Crippen LogP contribution in [0.2, 0.25) is 0 Å². The lowest BCUT2D eigenvalue weighted by molar-refractivity contribution is -0.122. The van der Waals surface area contributed by atoms with E-state index in [0.29, 0.717) is 32.9 Å². The van der Waals surface area contributed by atoms with E-state index < -0.39 is 11.8 Å². The zero-order valence-corrected chi connectivity index (χ0v) is 11.1. The number of nitrogens with two attached hydrogens (primary N) is 1. The zero-order valence-electron chi connectivity index (χ0n) is 10.3. The maximum Gasteiger partial charge on any atom is 0.322 e. The average Bonchev–Trinajstić information content (AvgIpc) is 2.78. The molecule has 1 aromatic rings. The van der Waals surface area contributed by atoms with Crippen molar-refractivity contribution in [1.29, 1.82) is 0 Å². The van der Waals surface area contributed by atoms with Gasteiger partial charge in [-0.15, -0.1) is 12.4 Å². The maximum atomic E-state index is 12.9. The molecule has 0 radical (unpaired) electrons. The number of nitrogens with zero attached hydrogens (tertiary/aromatic N) is 3. The standard InChI is InChI=1S/C10H14F2N4O2.ClH/c1-10(11,12)8-14-9(15-18-8)16-4-2-6(3-5-16)7(13)17;/h6H,2-5H2,1H3,(H2,13,17);1H. The number of carbonyl (C=O) groups excluding carboxylic acids is 1. The van der Waals surface area contributed by atoms with Crippen LogP contribution < -0.4 is 10.6 Å².